The van der Waals surface area contributed by atoms with Crippen LogP contribution in [0.2, 0.25) is 0 Å². The lowest BCUT2D eigenvalue weighted by Crippen LogP contribution is -2.06. The second-order valence-corrected chi connectivity index (χ2v) is 3.64. The van der Waals surface area contributed by atoms with Gasteiger partial charge in [0.05, 0.1) is 12.7 Å². The van der Waals surface area contributed by atoms with Gasteiger partial charge in [0.2, 0.25) is 0 Å². The highest BCUT2D eigenvalue weighted by Crippen LogP contribution is 2.13. The molecule has 14 heavy (non-hydrogen) atoms. The fourth-order valence-electron chi connectivity index (χ4n) is 0.965. The van der Waals surface area contributed by atoms with Gasteiger partial charge in [0, 0.05) is 4.43 Å². The van der Waals surface area contributed by atoms with E-state index in [1.165, 1.54) is 0 Å². The summed E-state index contributed by atoms with van der Waals surface area (Å²) in [6.45, 7) is 0.441. The molecule has 0 aliphatic rings. The maximum Gasteiger partial charge on any atom is 0.338 e. The van der Waals surface area contributed by atoms with Crippen molar-refractivity contribution in [2.75, 3.05) is 18.1 Å². The number of halogens is 1. The molecule has 0 atom stereocenters. The van der Waals surface area contributed by atoms with Crippen LogP contribution in [-0.4, -0.2) is 24.1 Å². The fraction of sp³-hybridized carbons (Fsp3) is 0.300. The van der Waals surface area contributed by atoms with Crippen LogP contribution in [0.25, 0.3) is 0 Å². The Morgan fingerprint density at radius 3 is 2.93 bits per heavy atom. The predicted octanol–water partition coefficient (Wildman–Crippen LogP) is 2.29. The molecule has 0 heterocycles. The Morgan fingerprint density at radius 1 is 1.50 bits per heavy atom. The van der Waals surface area contributed by atoms with E-state index in [1.807, 2.05) is 0 Å². The Kier molecular flexibility index (Phi) is 4.72. The number of benzene rings is 1. The SMILES string of the molecule is COc1cccc(C(=O)OCCI)c1. The van der Waals surface area contributed by atoms with Gasteiger partial charge in [0.1, 0.15) is 12.4 Å². The molecule has 0 radical (unpaired) electrons. The molecule has 76 valence electrons. The van der Waals surface area contributed by atoms with Gasteiger partial charge in [0.25, 0.3) is 0 Å². The van der Waals surface area contributed by atoms with E-state index in [2.05, 4.69) is 22.6 Å². The third-order valence-electron chi connectivity index (χ3n) is 1.62. The van der Waals surface area contributed by atoms with Crippen molar-refractivity contribution in [2.45, 2.75) is 0 Å². The summed E-state index contributed by atoms with van der Waals surface area (Å²) in [7, 11) is 1.56. The molecule has 0 N–H and O–H groups in total. The minimum Gasteiger partial charge on any atom is -0.497 e. The smallest absolute Gasteiger partial charge is 0.338 e. The van der Waals surface area contributed by atoms with Crippen molar-refractivity contribution in [2.24, 2.45) is 0 Å². The van der Waals surface area contributed by atoms with Crippen molar-refractivity contribution in [3.05, 3.63) is 29.8 Å². The number of methoxy groups -OCH3 is 1. The number of ether oxygens (including phenoxy) is 2. The van der Waals surface area contributed by atoms with Gasteiger partial charge in [-0.2, -0.15) is 0 Å². The van der Waals surface area contributed by atoms with Crippen LogP contribution in [0.1, 0.15) is 10.4 Å². The minimum absolute atomic E-state index is 0.305. The van der Waals surface area contributed by atoms with Crippen LogP contribution in [-0.2, 0) is 4.74 Å². The Labute approximate surface area is 96.5 Å². The van der Waals surface area contributed by atoms with E-state index in [-0.39, 0.29) is 5.97 Å². The van der Waals surface area contributed by atoms with Crippen molar-refractivity contribution >= 4 is 28.6 Å². The van der Waals surface area contributed by atoms with Crippen LogP contribution in [0.5, 0.6) is 5.75 Å². The summed E-state index contributed by atoms with van der Waals surface area (Å²) in [5, 5.41) is 0. The molecule has 0 unspecified atom stereocenters. The molecule has 0 saturated carbocycles. The van der Waals surface area contributed by atoms with Gasteiger partial charge in [-0.3, -0.25) is 0 Å². The van der Waals surface area contributed by atoms with Crippen LogP contribution in [0.4, 0.5) is 0 Å². The zero-order chi connectivity index (χ0) is 10.4. The van der Waals surface area contributed by atoms with E-state index < -0.39 is 0 Å². The molecule has 1 rings (SSSR count). The lowest BCUT2D eigenvalue weighted by Gasteiger charge is -2.04. The summed E-state index contributed by atoms with van der Waals surface area (Å²) >= 11 is 2.15. The van der Waals surface area contributed by atoms with E-state index in [9.17, 15) is 4.79 Å². The fourth-order valence-corrected chi connectivity index (χ4v) is 1.18. The highest BCUT2D eigenvalue weighted by molar-refractivity contribution is 14.1. The number of alkyl halides is 1. The van der Waals surface area contributed by atoms with Crippen molar-refractivity contribution < 1.29 is 14.3 Å². The van der Waals surface area contributed by atoms with Gasteiger partial charge < -0.3 is 9.47 Å². The summed E-state index contributed by atoms with van der Waals surface area (Å²) in [5.74, 6) is 0.356. The standard InChI is InChI=1S/C10H11IO3/c1-13-9-4-2-3-8(7-9)10(12)14-6-5-11/h2-4,7H,5-6H2,1H3. The van der Waals surface area contributed by atoms with Gasteiger partial charge in [0.15, 0.2) is 0 Å². The molecule has 0 amide bonds. The van der Waals surface area contributed by atoms with Crippen LogP contribution >= 0.6 is 22.6 Å². The highest BCUT2D eigenvalue weighted by atomic mass is 127. The van der Waals surface area contributed by atoms with Gasteiger partial charge in [-0.1, -0.05) is 28.7 Å². The van der Waals surface area contributed by atoms with E-state index >= 15 is 0 Å². The number of hydrogen-bond acceptors (Lipinski definition) is 3. The topological polar surface area (TPSA) is 35.5 Å². The van der Waals surface area contributed by atoms with Crippen molar-refractivity contribution in [1.29, 1.82) is 0 Å². The number of carbonyl (C=O) groups excluding carboxylic acids is 1. The zero-order valence-electron chi connectivity index (χ0n) is 7.83. The summed E-state index contributed by atoms with van der Waals surface area (Å²) < 4.78 is 10.8. The molecule has 3 nitrogen and oxygen atoms in total. The van der Waals surface area contributed by atoms with Gasteiger partial charge in [-0.05, 0) is 18.2 Å². The summed E-state index contributed by atoms with van der Waals surface area (Å²) in [5.41, 5.74) is 0.522. The largest absolute Gasteiger partial charge is 0.497 e. The van der Waals surface area contributed by atoms with Gasteiger partial charge >= 0.3 is 5.97 Å². The third-order valence-corrected chi connectivity index (χ3v) is 2.06. The number of esters is 1. The monoisotopic (exact) mass is 306 g/mol. The first-order valence-corrected chi connectivity index (χ1v) is 5.67. The molecule has 0 spiro atoms. The second-order valence-electron chi connectivity index (χ2n) is 2.56. The molecule has 0 saturated heterocycles. The zero-order valence-corrected chi connectivity index (χ0v) is 9.98. The van der Waals surface area contributed by atoms with E-state index in [0.29, 0.717) is 17.9 Å². The molecule has 0 fully saturated rings. The average molecular weight is 306 g/mol. The van der Waals surface area contributed by atoms with E-state index in [1.54, 1.807) is 31.4 Å². The van der Waals surface area contributed by atoms with Crippen molar-refractivity contribution in [3.8, 4) is 5.75 Å². The normalized spacial score (nSPS) is 9.57. The van der Waals surface area contributed by atoms with Crippen LogP contribution in [0, 0.1) is 0 Å². The Balaban J connectivity index is 2.69. The van der Waals surface area contributed by atoms with E-state index in [4.69, 9.17) is 9.47 Å². The molecule has 1 aromatic rings. The first-order valence-electron chi connectivity index (χ1n) is 4.15. The van der Waals surface area contributed by atoms with Crippen molar-refractivity contribution in [3.63, 3.8) is 0 Å². The van der Waals surface area contributed by atoms with Crippen LogP contribution in [0.15, 0.2) is 24.3 Å². The highest BCUT2D eigenvalue weighted by Gasteiger charge is 2.06. The molecule has 4 heteroatoms. The minimum atomic E-state index is -0.305. The lowest BCUT2D eigenvalue weighted by molar-refractivity contribution is 0.0532. The molecule has 0 bridgehead atoms. The summed E-state index contributed by atoms with van der Waals surface area (Å²) in [4.78, 5) is 11.4. The van der Waals surface area contributed by atoms with E-state index in [0.717, 1.165) is 4.43 Å². The third kappa shape index (κ3) is 3.17. The molecular weight excluding hydrogens is 295 g/mol. The average Bonchev–Trinajstić information content (AvgIpc) is 2.26. The summed E-state index contributed by atoms with van der Waals surface area (Å²) in [6, 6.07) is 6.92. The Bertz CT molecular complexity index is 312. The van der Waals surface area contributed by atoms with Gasteiger partial charge in [-0.25, -0.2) is 4.79 Å². The Morgan fingerprint density at radius 2 is 2.29 bits per heavy atom. The lowest BCUT2D eigenvalue weighted by atomic mass is 10.2. The van der Waals surface area contributed by atoms with Crippen LogP contribution in [0.3, 0.4) is 0 Å². The number of rotatable bonds is 4. The first-order chi connectivity index (χ1) is 6.77. The Hall–Kier alpha value is -0.780. The maximum absolute atomic E-state index is 11.4. The number of carbonyl (C=O) groups is 1. The molecule has 0 aliphatic heterocycles. The maximum atomic E-state index is 11.4. The molecule has 1 aromatic carbocycles. The van der Waals surface area contributed by atoms with Gasteiger partial charge in [-0.15, -0.1) is 0 Å². The first kappa shape index (κ1) is 11.3. The summed E-state index contributed by atoms with van der Waals surface area (Å²) in [6.07, 6.45) is 0. The second kappa shape index (κ2) is 5.85. The molecule has 0 aromatic heterocycles. The molecular formula is C10H11IO3. The quantitative estimate of drug-likeness (QED) is 0.486. The molecule has 0 aliphatic carbocycles. The van der Waals surface area contributed by atoms with Crippen LogP contribution < -0.4 is 4.74 Å². The predicted molar refractivity (Wildman–Crippen MR) is 62.2 cm³/mol. The van der Waals surface area contributed by atoms with Crippen molar-refractivity contribution in [1.82, 2.24) is 0 Å². The number of hydrogen-bond donors (Lipinski definition) is 0.